The lowest BCUT2D eigenvalue weighted by atomic mass is 10.0. The van der Waals surface area contributed by atoms with Gasteiger partial charge in [-0.25, -0.2) is 0 Å². The molecule has 0 aromatic carbocycles. The van der Waals surface area contributed by atoms with E-state index in [1.165, 1.54) is 0 Å². The van der Waals surface area contributed by atoms with Crippen LogP contribution in [0.15, 0.2) is 0 Å². The third-order valence-electron chi connectivity index (χ3n) is 2.10. The van der Waals surface area contributed by atoms with Gasteiger partial charge < -0.3 is 5.32 Å². The number of hydrogen-bond acceptors (Lipinski definition) is 3. The lowest BCUT2D eigenvalue weighted by Crippen LogP contribution is -2.20. The molecule has 4 nitrogen and oxygen atoms in total. The van der Waals surface area contributed by atoms with Gasteiger partial charge in [-0.05, 0) is 24.9 Å². The van der Waals surface area contributed by atoms with E-state index in [1.54, 1.807) is 0 Å². The Kier molecular flexibility index (Phi) is 2.51. The van der Waals surface area contributed by atoms with E-state index in [2.05, 4.69) is 5.32 Å². The maximum Gasteiger partial charge on any atom is 0.265 e. The van der Waals surface area contributed by atoms with Crippen LogP contribution in [0.5, 0.6) is 0 Å². The summed E-state index contributed by atoms with van der Waals surface area (Å²) in [7, 11) is -3.78. The highest BCUT2D eigenvalue weighted by Gasteiger charge is 2.26. The maximum atomic E-state index is 10.5. The Bertz CT molecular complexity index is 224. The van der Waals surface area contributed by atoms with Crippen molar-refractivity contribution in [2.45, 2.75) is 6.92 Å². The predicted octanol–water partition coefficient (Wildman–Crippen LogP) is -0.270. The first-order valence-electron chi connectivity index (χ1n) is 3.65. The summed E-state index contributed by atoms with van der Waals surface area (Å²) in [5.74, 6) is 0.308. The molecule has 0 radical (unpaired) electrons. The molecule has 0 unspecified atom stereocenters. The first kappa shape index (κ1) is 8.96. The van der Waals surface area contributed by atoms with Gasteiger partial charge >= 0.3 is 0 Å². The molecule has 0 amide bonds. The Balaban J connectivity index is 2.50. The first-order chi connectivity index (χ1) is 4.99. The highest BCUT2D eigenvalue weighted by molar-refractivity contribution is 7.85. The summed E-state index contributed by atoms with van der Waals surface area (Å²) in [5.41, 5.74) is 0. The summed E-state index contributed by atoms with van der Waals surface area (Å²) < 4.78 is 29.5. The van der Waals surface area contributed by atoms with E-state index in [1.807, 2.05) is 6.92 Å². The van der Waals surface area contributed by atoms with Crippen LogP contribution in [0.2, 0.25) is 0 Å². The third kappa shape index (κ3) is 2.76. The minimum absolute atomic E-state index is 0.0741. The number of nitrogens with one attached hydrogen (secondary N) is 1. The van der Waals surface area contributed by atoms with E-state index in [9.17, 15) is 8.42 Å². The molecule has 2 N–H and O–H groups in total. The zero-order chi connectivity index (χ0) is 8.48. The van der Waals surface area contributed by atoms with Gasteiger partial charge in [0.15, 0.2) is 0 Å². The SMILES string of the molecule is C[C@@H]1CNC[C@H]1CS(=O)(=O)O. The molecule has 0 aliphatic carbocycles. The second kappa shape index (κ2) is 3.08. The fourth-order valence-corrected chi connectivity index (χ4v) is 2.35. The molecule has 2 atom stereocenters. The standard InChI is InChI=1S/C6H13NO3S/c1-5-2-7-3-6(5)4-11(8,9)10/h5-7H,2-4H2,1H3,(H,8,9,10)/t5-,6+/m1/s1. The van der Waals surface area contributed by atoms with Crippen molar-refractivity contribution in [3.8, 4) is 0 Å². The Morgan fingerprint density at radius 3 is 2.55 bits per heavy atom. The monoisotopic (exact) mass is 179 g/mol. The molecule has 1 aliphatic heterocycles. The molecule has 0 spiro atoms. The van der Waals surface area contributed by atoms with Crippen LogP contribution in [0.1, 0.15) is 6.92 Å². The Hall–Kier alpha value is -0.130. The summed E-state index contributed by atoms with van der Waals surface area (Å²) in [6.45, 7) is 3.52. The highest BCUT2D eigenvalue weighted by Crippen LogP contribution is 2.16. The van der Waals surface area contributed by atoms with Crippen molar-refractivity contribution in [2.75, 3.05) is 18.8 Å². The van der Waals surface area contributed by atoms with Gasteiger partial charge in [-0.15, -0.1) is 0 Å². The van der Waals surface area contributed by atoms with E-state index in [-0.39, 0.29) is 11.7 Å². The molecule has 1 rings (SSSR count). The van der Waals surface area contributed by atoms with Crippen LogP contribution >= 0.6 is 0 Å². The number of rotatable bonds is 2. The van der Waals surface area contributed by atoms with E-state index in [0.717, 1.165) is 6.54 Å². The Morgan fingerprint density at radius 2 is 2.18 bits per heavy atom. The third-order valence-corrected chi connectivity index (χ3v) is 2.95. The molecule has 11 heavy (non-hydrogen) atoms. The lowest BCUT2D eigenvalue weighted by Gasteiger charge is -2.10. The quantitative estimate of drug-likeness (QED) is 0.573. The minimum atomic E-state index is -3.78. The van der Waals surface area contributed by atoms with E-state index in [4.69, 9.17) is 4.55 Å². The maximum absolute atomic E-state index is 10.5. The van der Waals surface area contributed by atoms with E-state index in [0.29, 0.717) is 12.5 Å². The second-order valence-electron chi connectivity index (χ2n) is 3.14. The molecular formula is C6H13NO3S. The Labute approximate surface area is 66.7 Å². The number of hydrogen-bond donors (Lipinski definition) is 2. The van der Waals surface area contributed by atoms with Gasteiger partial charge in [-0.3, -0.25) is 4.55 Å². The first-order valence-corrected chi connectivity index (χ1v) is 5.26. The van der Waals surface area contributed by atoms with E-state index >= 15 is 0 Å². The van der Waals surface area contributed by atoms with Crippen molar-refractivity contribution < 1.29 is 13.0 Å². The molecule has 1 aliphatic rings. The van der Waals surface area contributed by atoms with Gasteiger partial charge in [0.05, 0.1) is 5.75 Å². The van der Waals surface area contributed by atoms with Crippen LogP contribution in [0.25, 0.3) is 0 Å². The van der Waals surface area contributed by atoms with Gasteiger partial charge in [-0.1, -0.05) is 6.92 Å². The highest BCUT2D eigenvalue weighted by atomic mass is 32.2. The largest absolute Gasteiger partial charge is 0.316 e. The molecule has 0 aromatic heterocycles. The van der Waals surface area contributed by atoms with Crippen molar-refractivity contribution in [3.63, 3.8) is 0 Å². The van der Waals surface area contributed by atoms with Crippen LogP contribution < -0.4 is 5.32 Å². The van der Waals surface area contributed by atoms with Gasteiger partial charge in [-0.2, -0.15) is 8.42 Å². The van der Waals surface area contributed by atoms with Crippen molar-refractivity contribution in [3.05, 3.63) is 0 Å². The molecule has 0 saturated carbocycles. The average molecular weight is 179 g/mol. The van der Waals surface area contributed by atoms with Crippen molar-refractivity contribution >= 4 is 10.1 Å². The van der Waals surface area contributed by atoms with Crippen LogP contribution in [0, 0.1) is 11.8 Å². The van der Waals surface area contributed by atoms with Crippen LogP contribution in [0.3, 0.4) is 0 Å². The van der Waals surface area contributed by atoms with Gasteiger partial charge in [0, 0.05) is 0 Å². The molecule has 66 valence electrons. The van der Waals surface area contributed by atoms with E-state index < -0.39 is 10.1 Å². The molecule has 0 bridgehead atoms. The van der Waals surface area contributed by atoms with Crippen molar-refractivity contribution in [1.82, 2.24) is 5.32 Å². The van der Waals surface area contributed by atoms with Crippen LogP contribution in [-0.4, -0.2) is 31.8 Å². The zero-order valence-electron chi connectivity index (χ0n) is 6.45. The zero-order valence-corrected chi connectivity index (χ0v) is 7.26. The molecular weight excluding hydrogens is 166 g/mol. The normalized spacial score (nSPS) is 32.5. The van der Waals surface area contributed by atoms with Crippen molar-refractivity contribution in [1.29, 1.82) is 0 Å². The minimum Gasteiger partial charge on any atom is -0.316 e. The summed E-state index contributed by atoms with van der Waals surface area (Å²) in [5, 5.41) is 3.07. The van der Waals surface area contributed by atoms with Gasteiger partial charge in [0.1, 0.15) is 0 Å². The smallest absolute Gasteiger partial charge is 0.265 e. The fourth-order valence-electron chi connectivity index (χ4n) is 1.36. The molecule has 1 fully saturated rings. The summed E-state index contributed by atoms with van der Waals surface area (Å²) in [6.07, 6.45) is 0. The Morgan fingerprint density at radius 1 is 1.55 bits per heavy atom. The van der Waals surface area contributed by atoms with Crippen LogP contribution in [-0.2, 0) is 10.1 Å². The average Bonchev–Trinajstić information content (AvgIpc) is 2.12. The van der Waals surface area contributed by atoms with Gasteiger partial charge in [0.2, 0.25) is 0 Å². The fraction of sp³-hybridized carbons (Fsp3) is 1.00. The molecule has 1 saturated heterocycles. The topological polar surface area (TPSA) is 66.4 Å². The summed E-state index contributed by atoms with van der Waals surface area (Å²) >= 11 is 0. The van der Waals surface area contributed by atoms with Gasteiger partial charge in [0.25, 0.3) is 10.1 Å². The predicted molar refractivity (Wildman–Crippen MR) is 41.9 cm³/mol. The summed E-state index contributed by atoms with van der Waals surface area (Å²) in [6, 6.07) is 0. The second-order valence-corrected chi connectivity index (χ2v) is 4.64. The summed E-state index contributed by atoms with van der Waals surface area (Å²) in [4.78, 5) is 0. The molecule has 5 heteroatoms. The van der Waals surface area contributed by atoms with Crippen LogP contribution in [0.4, 0.5) is 0 Å². The lowest BCUT2D eigenvalue weighted by molar-refractivity contribution is 0.441. The molecule has 0 aromatic rings. The molecule has 1 heterocycles. The van der Waals surface area contributed by atoms with Crippen molar-refractivity contribution in [2.24, 2.45) is 11.8 Å².